The number of halogens is 3. The van der Waals surface area contributed by atoms with Crippen molar-refractivity contribution in [2.45, 2.75) is 151 Å². The molecule has 3 rings (SSSR count). The van der Waals surface area contributed by atoms with Gasteiger partial charge in [0.15, 0.2) is 11.6 Å². The third kappa shape index (κ3) is 29.9. The topological polar surface area (TPSA) is 164 Å². The molecule has 3 saturated heterocycles. The summed E-state index contributed by atoms with van der Waals surface area (Å²) < 4.78 is 91.8. The van der Waals surface area contributed by atoms with Gasteiger partial charge >= 0.3 is 69.3 Å². The molecule has 10 nitrogen and oxygen atoms in total. The molecule has 3 aliphatic heterocycles. The Hall–Kier alpha value is 0.756. The fourth-order valence-electron chi connectivity index (χ4n) is 4.45. The minimum atomic E-state index is -4.92. The SMILES string of the molecule is C.C.C.C.CC(=O)OC(C)=O.CC[C@@H]1[C@@H](C)[C@H](F)C[S@@]1=O.CC[C@H]1SC(OC(C)=O)[C@@H](F)[C@@H]1C.CC[C@H]1SC[C@@H](F)[C@@H]1C.O=S(=O)([O-])O.[K+]. The van der Waals surface area contributed by atoms with Gasteiger partial charge in [-0.3, -0.25) is 23.1 Å². The van der Waals surface area contributed by atoms with Gasteiger partial charge in [-0.15, -0.1) is 11.8 Å². The summed E-state index contributed by atoms with van der Waals surface area (Å²) in [5, 5.41) is 0.967. The van der Waals surface area contributed by atoms with Crippen molar-refractivity contribution in [1.29, 1.82) is 0 Å². The van der Waals surface area contributed by atoms with E-state index in [1.165, 1.54) is 32.5 Å². The molecule has 49 heavy (non-hydrogen) atoms. The Kier molecular flexibility index (Phi) is 44.0. The van der Waals surface area contributed by atoms with E-state index in [4.69, 9.17) is 22.3 Å². The summed E-state index contributed by atoms with van der Waals surface area (Å²) in [6.07, 6.45) is 0.495. The van der Waals surface area contributed by atoms with Crippen molar-refractivity contribution in [3.05, 3.63) is 0 Å². The molecule has 0 bridgehead atoms. The Labute approximate surface area is 349 Å². The van der Waals surface area contributed by atoms with Crippen LogP contribution in [0, 0.1) is 17.8 Å². The summed E-state index contributed by atoms with van der Waals surface area (Å²) in [5.74, 6) is -0.256. The number of alkyl halides is 3. The van der Waals surface area contributed by atoms with Crippen molar-refractivity contribution in [2.75, 3.05) is 11.5 Å². The summed E-state index contributed by atoms with van der Waals surface area (Å²) in [7, 11) is -5.81. The van der Waals surface area contributed by atoms with Crippen molar-refractivity contribution in [2.24, 2.45) is 17.8 Å². The summed E-state index contributed by atoms with van der Waals surface area (Å²) in [5.41, 5.74) is -0.586. The Morgan fingerprint density at radius 2 is 1.24 bits per heavy atom. The average Bonchev–Trinajstić information content (AvgIpc) is 3.44. The molecule has 3 heterocycles. The minimum absolute atomic E-state index is 0. The first-order valence-electron chi connectivity index (χ1n) is 14.2. The first-order valence-corrected chi connectivity index (χ1v) is 19.0. The average molecular weight is 821 g/mol. The molecule has 1 N–H and O–H groups in total. The molecule has 3 aliphatic rings. The number of carbonyl (C=O) groups excluding carboxylic acids is 3. The summed E-state index contributed by atoms with van der Waals surface area (Å²) in [6, 6.07) is 0. The van der Waals surface area contributed by atoms with E-state index in [0.29, 0.717) is 11.2 Å². The fraction of sp³-hybridized carbons (Fsp3) is 0.903. The smallest absolute Gasteiger partial charge is 0.726 e. The van der Waals surface area contributed by atoms with Crippen LogP contribution in [-0.4, -0.2) is 90.8 Å². The molecular weight excluding hydrogens is 757 g/mol. The van der Waals surface area contributed by atoms with E-state index in [1.807, 2.05) is 34.6 Å². The summed E-state index contributed by atoms with van der Waals surface area (Å²) in [4.78, 5) is 30.3. The van der Waals surface area contributed by atoms with E-state index in [9.17, 15) is 31.8 Å². The Morgan fingerprint density at radius 1 is 0.816 bits per heavy atom. The predicted molar refractivity (Wildman–Crippen MR) is 195 cm³/mol. The monoisotopic (exact) mass is 820 g/mol. The number of hydrogen-bond donors (Lipinski definition) is 1. The van der Waals surface area contributed by atoms with Gasteiger partial charge in [-0.1, -0.05) is 71.2 Å². The van der Waals surface area contributed by atoms with E-state index in [0.717, 1.165) is 25.0 Å². The zero-order valence-electron chi connectivity index (χ0n) is 27.7. The third-order valence-corrected chi connectivity index (χ3v) is 12.4. The number of rotatable bonds is 4. The number of carbonyl (C=O) groups is 3. The zero-order chi connectivity index (χ0) is 34.9. The van der Waals surface area contributed by atoms with Crippen LogP contribution in [0.5, 0.6) is 0 Å². The quantitative estimate of drug-likeness (QED) is 0.133. The molecule has 294 valence electrons. The molecule has 0 aromatic heterocycles. The zero-order valence-corrected chi connectivity index (χ0v) is 34.1. The molecule has 0 aromatic carbocycles. The first kappa shape index (κ1) is 64.7. The molecule has 0 spiro atoms. The normalized spacial score (nSPS) is 30.4. The maximum absolute atomic E-state index is 13.5. The van der Waals surface area contributed by atoms with Crippen molar-refractivity contribution < 1.29 is 110 Å². The van der Waals surface area contributed by atoms with Gasteiger partial charge in [0.05, 0.1) is 5.75 Å². The largest absolute Gasteiger partial charge is 1.00 e. The van der Waals surface area contributed by atoms with Gasteiger partial charge in [0.25, 0.3) is 0 Å². The number of ether oxygens (including phenoxy) is 2. The second-order valence-corrected chi connectivity index (χ2v) is 15.6. The molecule has 0 amide bonds. The fourth-order valence-corrected chi connectivity index (χ4v) is 9.31. The molecular formula is C31H64F3KO10S4. The summed E-state index contributed by atoms with van der Waals surface area (Å²) >= 11 is 3.22. The van der Waals surface area contributed by atoms with Gasteiger partial charge in [-0.2, -0.15) is 11.8 Å². The van der Waals surface area contributed by atoms with Gasteiger partial charge < -0.3 is 14.0 Å². The van der Waals surface area contributed by atoms with Gasteiger partial charge in [0.2, 0.25) is 10.4 Å². The van der Waals surface area contributed by atoms with Gasteiger partial charge in [0, 0.05) is 64.9 Å². The maximum atomic E-state index is 13.5. The van der Waals surface area contributed by atoms with Gasteiger partial charge in [-0.05, 0) is 25.2 Å². The predicted octanol–water partition coefficient (Wildman–Crippen LogP) is 5.01. The van der Waals surface area contributed by atoms with Crippen molar-refractivity contribution in [1.82, 2.24) is 0 Å². The molecule has 18 heteroatoms. The van der Waals surface area contributed by atoms with Crippen LogP contribution < -0.4 is 51.4 Å². The molecule has 3 fully saturated rings. The molecule has 0 saturated carbocycles. The van der Waals surface area contributed by atoms with Crippen LogP contribution in [0.4, 0.5) is 13.2 Å². The maximum Gasteiger partial charge on any atom is 1.00 e. The second-order valence-electron chi connectivity index (χ2n) is 10.4. The van der Waals surface area contributed by atoms with Crippen LogP contribution in [0.25, 0.3) is 0 Å². The Bertz CT molecular complexity index is 994. The minimum Gasteiger partial charge on any atom is -0.726 e. The molecule has 0 radical (unpaired) electrons. The Morgan fingerprint density at radius 3 is 1.43 bits per heavy atom. The van der Waals surface area contributed by atoms with E-state index in [-0.39, 0.29) is 109 Å². The van der Waals surface area contributed by atoms with Crippen LogP contribution in [0.15, 0.2) is 0 Å². The van der Waals surface area contributed by atoms with Crippen molar-refractivity contribution >= 4 is 62.6 Å². The van der Waals surface area contributed by atoms with E-state index in [1.54, 1.807) is 11.8 Å². The van der Waals surface area contributed by atoms with Crippen LogP contribution in [0.3, 0.4) is 0 Å². The number of thioether (sulfide) groups is 2. The molecule has 0 aliphatic carbocycles. The van der Waals surface area contributed by atoms with Crippen molar-refractivity contribution in [3.8, 4) is 0 Å². The van der Waals surface area contributed by atoms with Gasteiger partial charge in [-0.25, -0.2) is 21.6 Å². The standard InChI is InChI=1S/C9H15FO2S.C7H13FOS.C7H13FS.C4H6O3.4CH4.K.H2O4S/c1-4-7-5(2)8(10)9(13-7)12-6(3)11;1-3-7-5(2)6(8)4-10(7)9;1-3-7-5(2)6(8)4-9-7;1-3(5)7-4(2)6;;;;;;1-5(2,3)4/h5,7-9H,4H2,1-3H3;5-7H,3-4H2,1-2H3;5-7H,3-4H2,1-2H3;1-2H3;4*1H4;;(H2,1,2,3,4)/q;;;;;;;;+1;/p-1/t5-,7-,8+,9?;5-,6+,7+,10-;5-,6+,7+;;;;;;;/m100......./s1. The van der Waals surface area contributed by atoms with Gasteiger partial charge in [0.1, 0.15) is 12.3 Å². The van der Waals surface area contributed by atoms with Crippen LogP contribution >= 0.6 is 23.5 Å². The molecule has 1 unspecified atom stereocenters. The Balaban J connectivity index is -0.0000000904. The molecule has 11 atom stereocenters. The van der Waals surface area contributed by atoms with Crippen LogP contribution in [0.2, 0.25) is 0 Å². The van der Waals surface area contributed by atoms with E-state index < -0.39 is 63.1 Å². The first-order chi connectivity index (χ1) is 20.1. The number of esters is 3. The second kappa shape index (κ2) is 33.3. The number of hydrogen-bond acceptors (Lipinski definition) is 11. The summed E-state index contributed by atoms with van der Waals surface area (Å²) in [6.45, 7) is 15.5. The third-order valence-electron chi connectivity index (χ3n) is 6.88. The van der Waals surface area contributed by atoms with E-state index in [2.05, 4.69) is 11.7 Å². The van der Waals surface area contributed by atoms with Crippen LogP contribution in [0.1, 0.15) is 111 Å². The molecule has 0 aromatic rings. The van der Waals surface area contributed by atoms with E-state index >= 15 is 0 Å². The van der Waals surface area contributed by atoms with Crippen LogP contribution in [-0.2, 0) is 45.1 Å². The van der Waals surface area contributed by atoms with Crippen molar-refractivity contribution in [3.63, 3.8) is 0 Å².